The van der Waals surface area contributed by atoms with Crippen LogP contribution in [0.25, 0.3) is 22.3 Å². The van der Waals surface area contributed by atoms with Crippen LogP contribution in [-0.4, -0.2) is 0 Å². The van der Waals surface area contributed by atoms with Crippen LogP contribution in [-0.2, 0) is 0 Å². The molecule has 0 fully saturated rings. The van der Waals surface area contributed by atoms with Crippen molar-refractivity contribution in [1.29, 1.82) is 5.26 Å². The van der Waals surface area contributed by atoms with Gasteiger partial charge >= 0.3 is 0 Å². The fraction of sp³-hybridized carbons (Fsp3) is 0. The molecule has 1 heterocycles. The van der Waals surface area contributed by atoms with E-state index in [-0.39, 0.29) is 0 Å². The molecule has 18 heavy (non-hydrogen) atoms. The molecule has 3 rings (SSSR count). The van der Waals surface area contributed by atoms with Crippen molar-refractivity contribution in [3.05, 3.63) is 58.6 Å². The van der Waals surface area contributed by atoms with E-state index in [0.29, 0.717) is 5.56 Å². The first-order chi connectivity index (χ1) is 8.76. The summed E-state index contributed by atoms with van der Waals surface area (Å²) in [6, 6.07) is 17.4. The Labute approximate surface area is 113 Å². The molecule has 0 radical (unpaired) electrons. The van der Waals surface area contributed by atoms with Crippen molar-refractivity contribution in [1.82, 2.24) is 0 Å². The molecular formula is C15H8BrNO. The first-order valence-electron chi connectivity index (χ1n) is 5.46. The van der Waals surface area contributed by atoms with Crippen molar-refractivity contribution in [2.75, 3.05) is 0 Å². The van der Waals surface area contributed by atoms with E-state index in [1.165, 1.54) is 0 Å². The monoisotopic (exact) mass is 297 g/mol. The van der Waals surface area contributed by atoms with Crippen LogP contribution >= 0.6 is 15.9 Å². The summed E-state index contributed by atoms with van der Waals surface area (Å²) in [4.78, 5) is 0. The van der Waals surface area contributed by atoms with E-state index in [4.69, 9.17) is 9.68 Å². The molecular weight excluding hydrogens is 290 g/mol. The lowest BCUT2D eigenvalue weighted by atomic mass is 10.1. The zero-order valence-electron chi connectivity index (χ0n) is 9.35. The number of furan rings is 1. The van der Waals surface area contributed by atoms with Gasteiger partial charge in [-0.15, -0.1) is 0 Å². The van der Waals surface area contributed by atoms with Gasteiger partial charge in [-0.3, -0.25) is 0 Å². The third kappa shape index (κ3) is 1.92. The molecule has 2 aromatic carbocycles. The van der Waals surface area contributed by atoms with Crippen LogP contribution in [0.2, 0.25) is 0 Å². The zero-order chi connectivity index (χ0) is 12.5. The highest BCUT2D eigenvalue weighted by molar-refractivity contribution is 9.10. The Bertz CT molecular complexity index is 750. The maximum absolute atomic E-state index is 8.87. The molecule has 0 atom stereocenters. The van der Waals surface area contributed by atoms with Crippen molar-refractivity contribution < 1.29 is 4.42 Å². The average Bonchev–Trinajstić information content (AvgIpc) is 2.82. The summed E-state index contributed by atoms with van der Waals surface area (Å²) < 4.78 is 6.80. The van der Waals surface area contributed by atoms with Gasteiger partial charge in [-0.05, 0) is 36.4 Å². The fourth-order valence-electron chi connectivity index (χ4n) is 1.87. The highest BCUT2D eigenvalue weighted by atomic mass is 79.9. The zero-order valence-corrected chi connectivity index (χ0v) is 10.9. The predicted octanol–water partition coefficient (Wildman–Crippen LogP) is 4.73. The van der Waals surface area contributed by atoms with Crippen LogP contribution in [0.4, 0.5) is 0 Å². The Morgan fingerprint density at radius 2 is 1.78 bits per heavy atom. The van der Waals surface area contributed by atoms with Crippen LogP contribution in [0, 0.1) is 11.3 Å². The number of hydrogen-bond donors (Lipinski definition) is 0. The number of nitrogens with zero attached hydrogens (tertiary/aromatic N) is 1. The van der Waals surface area contributed by atoms with Gasteiger partial charge < -0.3 is 4.42 Å². The normalized spacial score (nSPS) is 10.4. The number of fused-ring (bicyclic) bond motifs is 1. The molecule has 0 N–H and O–H groups in total. The van der Waals surface area contributed by atoms with Gasteiger partial charge in [0, 0.05) is 15.4 Å². The number of nitriles is 1. The summed E-state index contributed by atoms with van der Waals surface area (Å²) in [7, 11) is 0. The van der Waals surface area contributed by atoms with E-state index in [2.05, 4.69) is 22.0 Å². The van der Waals surface area contributed by atoms with Crippen LogP contribution in [0.5, 0.6) is 0 Å². The van der Waals surface area contributed by atoms with Gasteiger partial charge in [0.05, 0.1) is 11.6 Å². The van der Waals surface area contributed by atoms with Crippen molar-refractivity contribution in [3.8, 4) is 17.4 Å². The van der Waals surface area contributed by atoms with Crippen molar-refractivity contribution in [2.24, 2.45) is 0 Å². The molecule has 0 aliphatic heterocycles. The molecule has 0 saturated heterocycles. The predicted molar refractivity (Wildman–Crippen MR) is 74.1 cm³/mol. The average molecular weight is 298 g/mol. The lowest BCUT2D eigenvalue weighted by molar-refractivity contribution is 0.631. The molecule has 0 unspecified atom stereocenters. The second kappa shape index (κ2) is 4.32. The van der Waals surface area contributed by atoms with Gasteiger partial charge in [-0.25, -0.2) is 0 Å². The SMILES string of the molecule is N#Cc1ccc2oc(-c3ccc(Br)cc3)cc2c1. The molecule has 86 valence electrons. The Hall–Kier alpha value is -2.05. The number of halogens is 1. The van der Waals surface area contributed by atoms with Crippen molar-refractivity contribution >= 4 is 26.9 Å². The fourth-order valence-corrected chi connectivity index (χ4v) is 2.13. The highest BCUT2D eigenvalue weighted by Crippen LogP contribution is 2.29. The maximum Gasteiger partial charge on any atom is 0.135 e. The van der Waals surface area contributed by atoms with Crippen molar-refractivity contribution in [3.63, 3.8) is 0 Å². The van der Waals surface area contributed by atoms with Crippen LogP contribution in [0.15, 0.2) is 57.4 Å². The molecule has 0 aliphatic carbocycles. The van der Waals surface area contributed by atoms with E-state index in [1.807, 2.05) is 42.5 Å². The van der Waals surface area contributed by atoms with Gasteiger partial charge in [-0.2, -0.15) is 5.26 Å². The second-order valence-corrected chi connectivity index (χ2v) is 4.90. The number of benzene rings is 2. The topological polar surface area (TPSA) is 36.9 Å². The summed E-state index contributed by atoms with van der Waals surface area (Å²) in [5.41, 5.74) is 2.46. The molecule has 0 amide bonds. The van der Waals surface area contributed by atoms with Crippen LogP contribution in [0.3, 0.4) is 0 Å². The summed E-state index contributed by atoms with van der Waals surface area (Å²) in [6.45, 7) is 0. The van der Waals surface area contributed by atoms with Gasteiger partial charge in [0.2, 0.25) is 0 Å². The summed E-state index contributed by atoms with van der Waals surface area (Å²) in [6.07, 6.45) is 0. The third-order valence-corrected chi connectivity index (χ3v) is 3.30. The minimum atomic E-state index is 0.644. The largest absolute Gasteiger partial charge is 0.456 e. The van der Waals surface area contributed by atoms with Gasteiger partial charge in [0.25, 0.3) is 0 Å². The number of hydrogen-bond acceptors (Lipinski definition) is 2. The quantitative estimate of drug-likeness (QED) is 0.651. The summed E-state index contributed by atoms with van der Waals surface area (Å²) >= 11 is 3.40. The lowest BCUT2D eigenvalue weighted by Crippen LogP contribution is -1.71. The van der Waals surface area contributed by atoms with E-state index in [9.17, 15) is 0 Å². The summed E-state index contributed by atoms with van der Waals surface area (Å²) in [5.74, 6) is 0.813. The molecule has 3 heteroatoms. The Kier molecular flexibility index (Phi) is 2.66. The number of rotatable bonds is 1. The highest BCUT2D eigenvalue weighted by Gasteiger charge is 2.06. The lowest BCUT2D eigenvalue weighted by Gasteiger charge is -1.95. The third-order valence-electron chi connectivity index (χ3n) is 2.77. The summed E-state index contributed by atoms with van der Waals surface area (Å²) in [5, 5.41) is 9.82. The Balaban J connectivity index is 2.13. The van der Waals surface area contributed by atoms with E-state index in [0.717, 1.165) is 26.8 Å². The Morgan fingerprint density at radius 1 is 1.00 bits per heavy atom. The van der Waals surface area contributed by atoms with Gasteiger partial charge in [-0.1, -0.05) is 28.1 Å². The van der Waals surface area contributed by atoms with Crippen molar-refractivity contribution in [2.45, 2.75) is 0 Å². The molecule has 2 nitrogen and oxygen atoms in total. The first kappa shape index (κ1) is 11.1. The smallest absolute Gasteiger partial charge is 0.135 e. The molecule has 3 aromatic rings. The first-order valence-corrected chi connectivity index (χ1v) is 6.25. The molecule has 1 aromatic heterocycles. The Morgan fingerprint density at radius 3 is 2.50 bits per heavy atom. The minimum absolute atomic E-state index is 0.644. The van der Waals surface area contributed by atoms with E-state index >= 15 is 0 Å². The minimum Gasteiger partial charge on any atom is -0.456 e. The molecule has 0 bridgehead atoms. The van der Waals surface area contributed by atoms with Gasteiger partial charge in [0.1, 0.15) is 11.3 Å². The molecule has 0 spiro atoms. The van der Waals surface area contributed by atoms with Crippen LogP contribution in [0.1, 0.15) is 5.56 Å². The van der Waals surface area contributed by atoms with E-state index < -0.39 is 0 Å². The van der Waals surface area contributed by atoms with E-state index in [1.54, 1.807) is 6.07 Å². The second-order valence-electron chi connectivity index (χ2n) is 3.98. The molecule has 0 aliphatic rings. The van der Waals surface area contributed by atoms with Crippen LogP contribution < -0.4 is 0 Å². The molecule has 0 saturated carbocycles. The maximum atomic E-state index is 8.87. The standard InChI is InChI=1S/C15H8BrNO/c16-13-4-2-11(3-5-13)15-8-12-7-10(9-17)1-6-14(12)18-15/h1-8H. The van der Waals surface area contributed by atoms with Gasteiger partial charge in [0.15, 0.2) is 0 Å².